The highest BCUT2D eigenvalue weighted by atomic mass is 14.6. The van der Waals surface area contributed by atoms with Crippen LogP contribution in [0.25, 0.3) is 11.1 Å². The van der Waals surface area contributed by atoms with Gasteiger partial charge in [-0.05, 0) is 78.0 Å². The first kappa shape index (κ1) is 12.8. The molecule has 5 aliphatic carbocycles. The molecule has 23 heavy (non-hydrogen) atoms. The lowest BCUT2D eigenvalue weighted by Crippen LogP contribution is -2.48. The Morgan fingerprint density at radius 2 is 1.22 bits per heavy atom. The van der Waals surface area contributed by atoms with Crippen LogP contribution in [-0.2, 0) is 5.41 Å². The van der Waals surface area contributed by atoms with Gasteiger partial charge in [0.15, 0.2) is 0 Å². The number of hydrogen-bond acceptors (Lipinski definition) is 0. The Hall–Kier alpha value is -1.56. The second kappa shape index (κ2) is 4.29. The van der Waals surface area contributed by atoms with Gasteiger partial charge in [0, 0.05) is 5.41 Å². The zero-order valence-electron chi connectivity index (χ0n) is 13.7. The molecule has 5 aliphatic rings. The van der Waals surface area contributed by atoms with Crippen LogP contribution in [0.3, 0.4) is 0 Å². The zero-order valence-corrected chi connectivity index (χ0v) is 13.7. The van der Waals surface area contributed by atoms with Gasteiger partial charge in [-0.15, -0.1) is 0 Å². The first-order chi connectivity index (χ1) is 11.4. The highest BCUT2D eigenvalue weighted by Gasteiger charge is 2.59. The molecule has 4 unspecified atom stereocenters. The van der Waals surface area contributed by atoms with Crippen LogP contribution < -0.4 is 0 Å². The average Bonchev–Trinajstić information content (AvgIpc) is 2.73. The van der Waals surface area contributed by atoms with E-state index < -0.39 is 0 Å². The third kappa shape index (κ3) is 1.44. The van der Waals surface area contributed by atoms with Crippen LogP contribution in [0.1, 0.15) is 49.7 Å². The predicted molar refractivity (Wildman–Crippen MR) is 94.3 cm³/mol. The standard InChI is InChI=1S/C23H24/c1-3-7-21-19(5-1)20-6-2-4-8-22(20)23(21)17-10-9-15-11-16(13-17)14-18(23)12-15/h1-8,15-18H,9-14H2. The summed E-state index contributed by atoms with van der Waals surface area (Å²) in [6.07, 6.45) is 8.93. The van der Waals surface area contributed by atoms with Crippen molar-refractivity contribution in [2.75, 3.05) is 0 Å². The molecule has 0 heteroatoms. The summed E-state index contributed by atoms with van der Waals surface area (Å²) >= 11 is 0. The van der Waals surface area contributed by atoms with Gasteiger partial charge >= 0.3 is 0 Å². The van der Waals surface area contributed by atoms with Gasteiger partial charge in [-0.2, -0.15) is 0 Å². The van der Waals surface area contributed by atoms with E-state index in [1.54, 1.807) is 11.1 Å². The van der Waals surface area contributed by atoms with Crippen molar-refractivity contribution < 1.29 is 0 Å². The molecule has 0 aromatic heterocycles. The lowest BCUT2D eigenvalue weighted by molar-refractivity contribution is 0.0618. The Balaban J connectivity index is 1.69. The molecule has 0 aliphatic heterocycles. The van der Waals surface area contributed by atoms with Gasteiger partial charge in [-0.25, -0.2) is 0 Å². The minimum absolute atomic E-state index is 0.346. The van der Waals surface area contributed by atoms with Crippen molar-refractivity contribution in [1.82, 2.24) is 0 Å². The van der Waals surface area contributed by atoms with E-state index in [1.807, 2.05) is 0 Å². The Bertz CT molecular complexity index is 731. The molecule has 2 aromatic rings. The van der Waals surface area contributed by atoms with Crippen molar-refractivity contribution in [1.29, 1.82) is 0 Å². The molecule has 7 rings (SSSR count). The topological polar surface area (TPSA) is 0 Å². The minimum Gasteiger partial charge on any atom is -0.0619 e. The summed E-state index contributed by atoms with van der Waals surface area (Å²) in [6, 6.07) is 18.7. The monoisotopic (exact) mass is 300 g/mol. The molecule has 0 N–H and O–H groups in total. The normalized spacial score (nSPS) is 35.1. The third-order valence-electron chi connectivity index (χ3n) is 7.77. The van der Waals surface area contributed by atoms with Crippen LogP contribution in [0.15, 0.2) is 48.5 Å². The Kier molecular flexibility index (Phi) is 2.39. The molecule has 0 amide bonds. The van der Waals surface area contributed by atoms with Crippen LogP contribution in [0.2, 0.25) is 0 Å². The van der Waals surface area contributed by atoms with Crippen LogP contribution in [0.4, 0.5) is 0 Å². The molecular formula is C23H24. The first-order valence-electron chi connectivity index (χ1n) is 9.56. The van der Waals surface area contributed by atoms with Crippen molar-refractivity contribution >= 4 is 0 Å². The van der Waals surface area contributed by atoms with Crippen molar-refractivity contribution in [2.45, 2.75) is 43.9 Å². The smallest absolute Gasteiger partial charge is 0.0271 e. The zero-order chi connectivity index (χ0) is 15.0. The van der Waals surface area contributed by atoms with Gasteiger partial charge < -0.3 is 0 Å². The highest BCUT2D eigenvalue weighted by Crippen LogP contribution is 2.67. The summed E-state index contributed by atoms with van der Waals surface area (Å²) in [4.78, 5) is 0. The van der Waals surface area contributed by atoms with Crippen LogP contribution in [0.5, 0.6) is 0 Å². The molecule has 0 saturated heterocycles. The Labute approximate surface area is 138 Å². The second-order valence-electron chi connectivity index (χ2n) is 8.61. The SMILES string of the molecule is c1ccc2c(c1)-c1ccccc1C21C2CCC3CC(C2)CC1C3. The maximum atomic E-state index is 2.47. The van der Waals surface area contributed by atoms with Crippen LogP contribution in [0, 0.1) is 23.7 Å². The number of rotatable bonds is 0. The summed E-state index contributed by atoms with van der Waals surface area (Å²) < 4.78 is 0. The summed E-state index contributed by atoms with van der Waals surface area (Å²) in [6.45, 7) is 0. The summed E-state index contributed by atoms with van der Waals surface area (Å²) in [5, 5.41) is 0. The second-order valence-corrected chi connectivity index (χ2v) is 8.61. The lowest BCUT2D eigenvalue weighted by Gasteiger charge is -2.53. The predicted octanol–water partition coefficient (Wildman–Crippen LogP) is 5.80. The van der Waals surface area contributed by atoms with Crippen LogP contribution in [-0.4, -0.2) is 0 Å². The fourth-order valence-electron chi connectivity index (χ4n) is 7.25. The van der Waals surface area contributed by atoms with Gasteiger partial charge in [0.2, 0.25) is 0 Å². The highest BCUT2D eigenvalue weighted by molar-refractivity contribution is 5.81. The molecule has 2 aromatic carbocycles. The molecule has 0 nitrogen and oxygen atoms in total. The first-order valence-corrected chi connectivity index (χ1v) is 9.56. The molecule has 116 valence electrons. The largest absolute Gasteiger partial charge is 0.0619 e. The summed E-state index contributed by atoms with van der Waals surface area (Å²) in [7, 11) is 0. The maximum absolute atomic E-state index is 2.47. The fourth-order valence-corrected chi connectivity index (χ4v) is 7.25. The van der Waals surface area contributed by atoms with Crippen molar-refractivity contribution in [3.05, 3.63) is 59.7 Å². The number of fused-ring (bicyclic) bond motifs is 4. The van der Waals surface area contributed by atoms with Gasteiger partial charge in [-0.3, -0.25) is 0 Å². The van der Waals surface area contributed by atoms with Crippen molar-refractivity contribution in [3.63, 3.8) is 0 Å². The molecule has 1 spiro atoms. The molecule has 4 fully saturated rings. The van der Waals surface area contributed by atoms with E-state index in [0.717, 1.165) is 23.7 Å². The quantitative estimate of drug-likeness (QED) is 0.577. The van der Waals surface area contributed by atoms with E-state index in [9.17, 15) is 0 Å². The van der Waals surface area contributed by atoms with Crippen molar-refractivity contribution in [3.8, 4) is 11.1 Å². The lowest BCUT2D eigenvalue weighted by atomic mass is 9.51. The Morgan fingerprint density at radius 3 is 1.96 bits per heavy atom. The molecule has 0 radical (unpaired) electrons. The average molecular weight is 300 g/mol. The molecular weight excluding hydrogens is 276 g/mol. The van der Waals surface area contributed by atoms with Gasteiger partial charge in [0.25, 0.3) is 0 Å². The maximum Gasteiger partial charge on any atom is 0.0271 e. The summed E-state index contributed by atoms with van der Waals surface area (Å²) in [5.41, 5.74) is 6.78. The van der Waals surface area contributed by atoms with Gasteiger partial charge in [0.1, 0.15) is 0 Å². The molecule has 4 bridgehead atoms. The number of hydrogen-bond donors (Lipinski definition) is 0. The van der Waals surface area contributed by atoms with Gasteiger partial charge in [-0.1, -0.05) is 55.0 Å². The number of benzene rings is 2. The van der Waals surface area contributed by atoms with E-state index in [-0.39, 0.29) is 0 Å². The van der Waals surface area contributed by atoms with E-state index in [2.05, 4.69) is 48.5 Å². The van der Waals surface area contributed by atoms with E-state index in [1.165, 1.54) is 49.7 Å². The Morgan fingerprint density at radius 1 is 0.609 bits per heavy atom. The van der Waals surface area contributed by atoms with E-state index in [4.69, 9.17) is 0 Å². The van der Waals surface area contributed by atoms with Crippen LogP contribution >= 0.6 is 0 Å². The minimum atomic E-state index is 0.346. The van der Waals surface area contributed by atoms with E-state index in [0.29, 0.717) is 5.41 Å². The fraction of sp³-hybridized carbons (Fsp3) is 0.478. The molecule has 0 heterocycles. The molecule has 4 saturated carbocycles. The summed E-state index contributed by atoms with van der Waals surface area (Å²) in [5.74, 6) is 3.81. The van der Waals surface area contributed by atoms with Crippen molar-refractivity contribution in [2.24, 2.45) is 23.7 Å². The van der Waals surface area contributed by atoms with E-state index >= 15 is 0 Å². The molecule has 4 atom stereocenters. The van der Waals surface area contributed by atoms with Gasteiger partial charge in [0.05, 0.1) is 0 Å². The third-order valence-corrected chi connectivity index (χ3v) is 7.77.